The van der Waals surface area contributed by atoms with Gasteiger partial charge in [0.2, 0.25) is 10.0 Å². The number of thiazole rings is 1. The van der Waals surface area contributed by atoms with Crippen LogP contribution >= 0.6 is 11.3 Å². The molecule has 13 heteroatoms. The van der Waals surface area contributed by atoms with Gasteiger partial charge in [0, 0.05) is 16.6 Å². The first-order chi connectivity index (χ1) is 14.2. The molecule has 1 heterocycles. The normalized spacial score (nSPS) is 12.5. The molecule has 3 rings (SSSR count). The summed E-state index contributed by atoms with van der Waals surface area (Å²) < 4.78 is 91.8. The molecule has 31 heavy (non-hydrogen) atoms. The minimum atomic E-state index is -4.75. The van der Waals surface area contributed by atoms with Crippen LogP contribution in [0.2, 0.25) is 0 Å². The maximum atomic E-state index is 13.1. The topological polar surface area (TPSA) is 105 Å². The van der Waals surface area contributed by atoms with Crippen molar-refractivity contribution in [1.29, 1.82) is 0 Å². The third-order valence-corrected chi connectivity index (χ3v) is 6.90. The number of nitrogens with zero attached hydrogens (tertiary/aromatic N) is 1. The van der Waals surface area contributed by atoms with Crippen molar-refractivity contribution in [2.45, 2.75) is 18.0 Å². The van der Waals surface area contributed by atoms with Gasteiger partial charge in [-0.3, -0.25) is 9.44 Å². The Kier molecular flexibility index (Phi) is 6.04. The first kappa shape index (κ1) is 23.0. The highest BCUT2D eigenvalue weighted by Crippen LogP contribution is 2.35. The van der Waals surface area contributed by atoms with E-state index in [1.807, 2.05) is 21.7 Å². The molecule has 2 N–H and O–H groups in total. The molecule has 0 fully saturated rings. The molecule has 0 spiro atoms. The molecular weight excluding hydrogens is 475 g/mol. The Labute approximate surface area is 181 Å². The number of benzene rings is 2. The number of sulfonamides is 2. The lowest BCUT2D eigenvalue weighted by atomic mass is 10.2. The number of anilines is 2. The van der Waals surface area contributed by atoms with Crippen molar-refractivity contribution in [3.05, 3.63) is 59.1 Å². The van der Waals surface area contributed by atoms with Crippen molar-refractivity contribution >= 4 is 42.8 Å². The highest BCUT2D eigenvalue weighted by atomic mass is 32.2. The van der Waals surface area contributed by atoms with E-state index >= 15 is 0 Å². The van der Waals surface area contributed by atoms with Crippen LogP contribution in [0.5, 0.6) is 0 Å². The van der Waals surface area contributed by atoms with Crippen LogP contribution in [0.1, 0.15) is 11.3 Å². The predicted octanol–water partition coefficient (Wildman–Crippen LogP) is 4.31. The largest absolute Gasteiger partial charge is 0.416 e. The fourth-order valence-electron chi connectivity index (χ4n) is 2.56. The second-order valence-electron chi connectivity index (χ2n) is 6.56. The third-order valence-electron chi connectivity index (χ3n) is 3.92. The van der Waals surface area contributed by atoms with Gasteiger partial charge in [0.15, 0.2) is 0 Å². The Morgan fingerprint density at radius 1 is 0.935 bits per heavy atom. The van der Waals surface area contributed by atoms with E-state index in [1.54, 1.807) is 0 Å². The van der Waals surface area contributed by atoms with Crippen molar-refractivity contribution in [3.63, 3.8) is 0 Å². The van der Waals surface area contributed by atoms with Crippen molar-refractivity contribution in [1.82, 2.24) is 4.98 Å². The molecule has 0 atom stereocenters. The molecule has 7 nitrogen and oxygen atoms in total. The molecule has 166 valence electrons. The lowest BCUT2D eigenvalue weighted by molar-refractivity contribution is -0.137. The fourth-order valence-corrected chi connectivity index (χ4v) is 5.01. The highest BCUT2D eigenvalue weighted by molar-refractivity contribution is 7.93. The summed E-state index contributed by atoms with van der Waals surface area (Å²) >= 11 is 1.38. The summed E-state index contributed by atoms with van der Waals surface area (Å²) in [5.74, 6) is 0. The van der Waals surface area contributed by atoms with Crippen LogP contribution in [0, 0.1) is 6.92 Å². The van der Waals surface area contributed by atoms with Crippen LogP contribution in [-0.2, 0) is 26.2 Å². The smallest absolute Gasteiger partial charge is 0.282 e. The van der Waals surface area contributed by atoms with Gasteiger partial charge in [-0.25, -0.2) is 21.8 Å². The zero-order valence-electron chi connectivity index (χ0n) is 16.1. The number of halogens is 3. The number of aromatic nitrogens is 1. The maximum Gasteiger partial charge on any atom is 0.416 e. The number of nitrogens with one attached hydrogen (secondary N) is 2. The predicted molar refractivity (Wildman–Crippen MR) is 113 cm³/mol. The van der Waals surface area contributed by atoms with Crippen LogP contribution in [0.4, 0.5) is 24.5 Å². The van der Waals surface area contributed by atoms with Gasteiger partial charge in [0.25, 0.3) is 10.0 Å². The van der Waals surface area contributed by atoms with E-state index in [2.05, 4.69) is 4.98 Å². The second kappa shape index (κ2) is 8.13. The Balaban J connectivity index is 1.97. The summed E-state index contributed by atoms with van der Waals surface area (Å²) in [6.45, 7) is 1.82. The molecule has 0 unspecified atom stereocenters. The van der Waals surface area contributed by atoms with Crippen molar-refractivity contribution in [3.8, 4) is 10.6 Å². The van der Waals surface area contributed by atoms with Gasteiger partial charge in [0.1, 0.15) is 5.01 Å². The molecule has 0 saturated heterocycles. The molecule has 2 aromatic carbocycles. The second-order valence-corrected chi connectivity index (χ2v) is 10.8. The number of hydrogen-bond donors (Lipinski definition) is 2. The van der Waals surface area contributed by atoms with Gasteiger partial charge < -0.3 is 0 Å². The maximum absolute atomic E-state index is 13.1. The van der Waals surface area contributed by atoms with Crippen molar-refractivity contribution in [2.24, 2.45) is 0 Å². The van der Waals surface area contributed by atoms with E-state index in [1.165, 1.54) is 35.6 Å². The van der Waals surface area contributed by atoms with Gasteiger partial charge in [-0.05, 0) is 37.3 Å². The lowest BCUT2D eigenvalue weighted by Gasteiger charge is -2.16. The quantitative estimate of drug-likeness (QED) is 0.535. The summed E-state index contributed by atoms with van der Waals surface area (Å²) in [7, 11) is -8.19. The first-order valence-electron chi connectivity index (χ1n) is 8.49. The number of alkyl halides is 3. The molecule has 0 amide bonds. The van der Waals surface area contributed by atoms with Crippen LogP contribution < -0.4 is 9.44 Å². The van der Waals surface area contributed by atoms with Crippen LogP contribution in [0.25, 0.3) is 10.6 Å². The minimum Gasteiger partial charge on any atom is -0.282 e. The lowest BCUT2D eigenvalue weighted by Crippen LogP contribution is -2.17. The van der Waals surface area contributed by atoms with Crippen LogP contribution in [-0.4, -0.2) is 28.1 Å². The molecule has 0 aliphatic heterocycles. The Hall–Kier alpha value is -2.64. The number of hydrogen-bond acceptors (Lipinski definition) is 6. The van der Waals surface area contributed by atoms with Gasteiger partial charge in [-0.1, -0.05) is 12.1 Å². The zero-order valence-corrected chi connectivity index (χ0v) is 18.5. The minimum absolute atomic E-state index is 0.216. The molecule has 0 saturated carbocycles. The van der Waals surface area contributed by atoms with Gasteiger partial charge >= 0.3 is 6.18 Å². The van der Waals surface area contributed by atoms with E-state index in [4.69, 9.17) is 0 Å². The summed E-state index contributed by atoms with van der Waals surface area (Å²) in [5, 5.41) is 2.53. The van der Waals surface area contributed by atoms with Crippen LogP contribution in [0.15, 0.2) is 52.7 Å². The molecule has 3 aromatic rings. The molecular formula is C18H16F3N3O4S3. The van der Waals surface area contributed by atoms with E-state index in [0.29, 0.717) is 22.7 Å². The highest BCUT2D eigenvalue weighted by Gasteiger charge is 2.32. The van der Waals surface area contributed by atoms with E-state index in [0.717, 1.165) is 18.0 Å². The number of rotatable bonds is 6. The molecule has 0 bridgehead atoms. The van der Waals surface area contributed by atoms with Gasteiger partial charge in [-0.15, -0.1) is 11.3 Å². The molecule has 0 radical (unpaired) electrons. The Bertz CT molecular complexity index is 1320. The monoisotopic (exact) mass is 491 g/mol. The zero-order chi connectivity index (χ0) is 23.0. The van der Waals surface area contributed by atoms with Gasteiger partial charge in [0.05, 0.1) is 28.1 Å². The summed E-state index contributed by atoms with van der Waals surface area (Å²) in [6.07, 6.45) is -3.96. The Morgan fingerprint density at radius 2 is 1.58 bits per heavy atom. The van der Waals surface area contributed by atoms with Crippen molar-refractivity contribution in [2.75, 3.05) is 15.7 Å². The Morgan fingerprint density at radius 3 is 2.10 bits per heavy atom. The molecule has 1 aromatic heterocycles. The fraction of sp³-hybridized carbons (Fsp3) is 0.167. The van der Waals surface area contributed by atoms with Crippen molar-refractivity contribution < 1.29 is 30.0 Å². The van der Waals surface area contributed by atoms with E-state index in [-0.39, 0.29) is 10.6 Å². The first-order valence-corrected chi connectivity index (χ1v) is 12.7. The third kappa shape index (κ3) is 5.74. The standard InChI is InChI=1S/C18H16F3N3O4S3/c1-11-10-29-17(22-11)12-3-6-14(7-4-12)31(27,28)24-16-9-13(18(19,20)21)5-8-15(16)23-30(2,25)26/h3-10,23-24H,1-2H3. The number of aryl methyl sites for hydroxylation is 1. The average molecular weight is 492 g/mol. The SMILES string of the molecule is Cc1csc(-c2ccc(S(=O)(=O)Nc3cc(C(F)(F)F)ccc3NS(C)(=O)=O)cc2)n1. The van der Waals surface area contributed by atoms with Gasteiger partial charge in [-0.2, -0.15) is 13.2 Å². The van der Waals surface area contributed by atoms with Crippen LogP contribution in [0.3, 0.4) is 0 Å². The molecule has 0 aliphatic rings. The average Bonchev–Trinajstić information content (AvgIpc) is 3.07. The summed E-state index contributed by atoms with van der Waals surface area (Å²) in [5.41, 5.74) is -0.545. The van der Waals surface area contributed by atoms with E-state index < -0.39 is 37.5 Å². The summed E-state index contributed by atoms with van der Waals surface area (Å²) in [4.78, 5) is 4.09. The summed E-state index contributed by atoms with van der Waals surface area (Å²) in [6, 6.07) is 7.63. The van der Waals surface area contributed by atoms with E-state index in [9.17, 15) is 30.0 Å². The molecule has 0 aliphatic carbocycles.